The molecule has 0 aliphatic heterocycles. The highest BCUT2D eigenvalue weighted by molar-refractivity contribution is 5.73. The van der Waals surface area contributed by atoms with Crippen LogP contribution in [0.3, 0.4) is 0 Å². The fraction of sp³-hybridized carbons (Fsp3) is 0.417. The van der Waals surface area contributed by atoms with Gasteiger partial charge in [-0.15, -0.1) is 0 Å². The van der Waals surface area contributed by atoms with Crippen molar-refractivity contribution in [1.29, 1.82) is 0 Å². The van der Waals surface area contributed by atoms with Crippen molar-refractivity contribution in [2.45, 2.75) is 51.9 Å². The zero-order chi connectivity index (χ0) is 21.8. The number of nitrogens with one attached hydrogen (secondary N) is 2. The smallest absolute Gasteiger partial charge is 0.217 e. The van der Waals surface area contributed by atoms with E-state index in [0.29, 0.717) is 26.2 Å². The molecule has 2 amide bonds. The van der Waals surface area contributed by atoms with Crippen LogP contribution >= 0.6 is 0 Å². The second-order valence-corrected chi connectivity index (χ2v) is 7.78. The van der Waals surface area contributed by atoms with Gasteiger partial charge in [-0.25, -0.2) is 0 Å². The molecule has 0 bridgehead atoms. The quantitative estimate of drug-likeness (QED) is 0.442. The Morgan fingerprint density at radius 2 is 1.80 bits per heavy atom. The summed E-state index contributed by atoms with van der Waals surface area (Å²) in [5, 5.41) is 6.54. The van der Waals surface area contributed by atoms with Crippen molar-refractivity contribution in [3.05, 3.63) is 71.3 Å². The van der Waals surface area contributed by atoms with E-state index in [4.69, 9.17) is 5.73 Å². The Labute approximate surface area is 179 Å². The van der Waals surface area contributed by atoms with E-state index in [-0.39, 0.29) is 18.0 Å². The molecule has 0 aliphatic rings. The van der Waals surface area contributed by atoms with Crippen molar-refractivity contribution < 1.29 is 9.59 Å². The molecule has 0 aromatic heterocycles. The third kappa shape index (κ3) is 8.76. The number of benzene rings is 2. The monoisotopic (exact) mass is 410 g/mol. The predicted octanol–water partition coefficient (Wildman–Crippen LogP) is 2.22. The van der Waals surface area contributed by atoms with E-state index in [2.05, 4.69) is 29.7 Å². The summed E-state index contributed by atoms with van der Waals surface area (Å²) < 4.78 is 0. The lowest BCUT2D eigenvalue weighted by Crippen LogP contribution is -2.42. The number of amides is 2. The first-order chi connectivity index (χ1) is 14.5. The van der Waals surface area contributed by atoms with Crippen LogP contribution in [-0.4, -0.2) is 42.4 Å². The topological polar surface area (TPSA) is 87.5 Å². The Bertz CT molecular complexity index is 782. The third-order valence-electron chi connectivity index (χ3n) is 5.02. The van der Waals surface area contributed by atoms with E-state index >= 15 is 0 Å². The Kier molecular flexibility index (Phi) is 10.0. The minimum Gasteiger partial charge on any atom is -0.353 e. The number of nitrogens with zero attached hydrogens (tertiary/aromatic N) is 1. The van der Waals surface area contributed by atoms with Crippen LogP contribution in [0.2, 0.25) is 0 Å². The number of hydrogen-bond donors (Lipinski definition) is 3. The molecule has 2 aromatic rings. The molecule has 0 spiro atoms. The maximum atomic E-state index is 11.7. The standard InChI is InChI=1S/C24H34N4O2/c1-19(26-11-12-28(18-29)17-21-7-4-3-5-8-21)13-24(27-20(2)30)15-22-9-6-10-23(14-22)16-25/h3-10,14,18-19,24,26H,11-13,15-17,25H2,1-2H3,(H,27,30)/t19?,24-/m1/s1. The van der Waals surface area contributed by atoms with Gasteiger partial charge in [-0.1, -0.05) is 54.6 Å². The second kappa shape index (κ2) is 12.8. The van der Waals surface area contributed by atoms with E-state index in [1.54, 1.807) is 11.8 Å². The Morgan fingerprint density at radius 3 is 2.47 bits per heavy atom. The van der Waals surface area contributed by atoms with E-state index < -0.39 is 0 Å². The van der Waals surface area contributed by atoms with Crippen molar-refractivity contribution in [2.75, 3.05) is 13.1 Å². The van der Waals surface area contributed by atoms with Crippen molar-refractivity contribution in [1.82, 2.24) is 15.5 Å². The van der Waals surface area contributed by atoms with Crippen LogP contribution in [0, 0.1) is 0 Å². The van der Waals surface area contributed by atoms with E-state index in [9.17, 15) is 9.59 Å². The van der Waals surface area contributed by atoms with Crippen molar-refractivity contribution in [3.63, 3.8) is 0 Å². The lowest BCUT2D eigenvalue weighted by molar-refractivity contribution is -0.120. The van der Waals surface area contributed by atoms with Crippen LogP contribution in [-0.2, 0) is 29.1 Å². The zero-order valence-corrected chi connectivity index (χ0v) is 18.0. The number of nitrogens with two attached hydrogens (primary N) is 1. The Balaban J connectivity index is 1.83. The number of carbonyl (C=O) groups is 2. The molecule has 6 nitrogen and oxygen atoms in total. The summed E-state index contributed by atoms with van der Waals surface area (Å²) in [6.07, 6.45) is 2.45. The molecular formula is C24H34N4O2. The number of carbonyl (C=O) groups excluding carboxylic acids is 2. The molecule has 162 valence electrons. The van der Waals surface area contributed by atoms with Gasteiger partial charge in [0.25, 0.3) is 0 Å². The molecule has 0 radical (unpaired) electrons. The second-order valence-electron chi connectivity index (χ2n) is 7.78. The van der Waals surface area contributed by atoms with Crippen LogP contribution < -0.4 is 16.4 Å². The predicted molar refractivity (Wildman–Crippen MR) is 121 cm³/mol. The summed E-state index contributed by atoms with van der Waals surface area (Å²) in [6, 6.07) is 18.4. The summed E-state index contributed by atoms with van der Waals surface area (Å²) in [7, 11) is 0. The number of rotatable bonds is 13. The summed E-state index contributed by atoms with van der Waals surface area (Å²) >= 11 is 0. The van der Waals surface area contributed by atoms with Gasteiger partial charge in [-0.2, -0.15) is 0 Å². The first-order valence-electron chi connectivity index (χ1n) is 10.5. The van der Waals surface area contributed by atoms with E-state index in [0.717, 1.165) is 30.4 Å². The first-order valence-corrected chi connectivity index (χ1v) is 10.5. The maximum Gasteiger partial charge on any atom is 0.217 e. The largest absolute Gasteiger partial charge is 0.353 e. The Morgan fingerprint density at radius 1 is 1.10 bits per heavy atom. The normalized spacial score (nSPS) is 12.8. The lowest BCUT2D eigenvalue weighted by Gasteiger charge is -2.24. The molecule has 0 fully saturated rings. The zero-order valence-electron chi connectivity index (χ0n) is 18.0. The van der Waals surface area contributed by atoms with Gasteiger partial charge in [0.1, 0.15) is 0 Å². The average Bonchev–Trinajstić information content (AvgIpc) is 2.73. The Hall–Kier alpha value is -2.70. The van der Waals surface area contributed by atoms with Gasteiger partial charge in [0.2, 0.25) is 12.3 Å². The van der Waals surface area contributed by atoms with E-state index in [1.165, 1.54) is 5.56 Å². The molecule has 0 saturated carbocycles. The van der Waals surface area contributed by atoms with Gasteiger partial charge in [-0.05, 0) is 36.5 Å². The van der Waals surface area contributed by atoms with Gasteiger partial charge < -0.3 is 21.3 Å². The van der Waals surface area contributed by atoms with Crippen LogP contribution in [0.5, 0.6) is 0 Å². The average molecular weight is 411 g/mol. The minimum atomic E-state index is -0.0304. The molecule has 2 rings (SSSR count). The molecular weight excluding hydrogens is 376 g/mol. The van der Waals surface area contributed by atoms with Crippen LogP contribution in [0.4, 0.5) is 0 Å². The molecule has 4 N–H and O–H groups in total. The molecule has 6 heteroatoms. The van der Waals surface area contributed by atoms with E-state index in [1.807, 2.05) is 42.5 Å². The van der Waals surface area contributed by atoms with Gasteiger partial charge >= 0.3 is 0 Å². The highest BCUT2D eigenvalue weighted by atomic mass is 16.1. The maximum absolute atomic E-state index is 11.7. The summed E-state index contributed by atoms with van der Waals surface area (Å²) in [5.41, 5.74) is 9.11. The van der Waals surface area contributed by atoms with Gasteiger partial charge in [0.15, 0.2) is 0 Å². The fourth-order valence-electron chi connectivity index (χ4n) is 3.60. The van der Waals surface area contributed by atoms with Crippen LogP contribution in [0.25, 0.3) is 0 Å². The van der Waals surface area contributed by atoms with Gasteiger partial charge in [-0.3, -0.25) is 9.59 Å². The number of hydrogen-bond acceptors (Lipinski definition) is 4. The van der Waals surface area contributed by atoms with Gasteiger partial charge in [0.05, 0.1) is 0 Å². The van der Waals surface area contributed by atoms with Crippen LogP contribution in [0.15, 0.2) is 54.6 Å². The molecule has 0 saturated heterocycles. The van der Waals surface area contributed by atoms with Crippen LogP contribution in [0.1, 0.15) is 37.0 Å². The minimum absolute atomic E-state index is 0.0304. The van der Waals surface area contributed by atoms with Crippen molar-refractivity contribution in [3.8, 4) is 0 Å². The highest BCUT2D eigenvalue weighted by Crippen LogP contribution is 2.11. The third-order valence-corrected chi connectivity index (χ3v) is 5.02. The van der Waals surface area contributed by atoms with Crippen molar-refractivity contribution >= 4 is 12.3 Å². The van der Waals surface area contributed by atoms with Gasteiger partial charge in [0, 0.05) is 45.2 Å². The molecule has 0 heterocycles. The summed E-state index contributed by atoms with van der Waals surface area (Å²) in [4.78, 5) is 24.8. The summed E-state index contributed by atoms with van der Waals surface area (Å²) in [5.74, 6) is -0.0304. The fourth-order valence-corrected chi connectivity index (χ4v) is 3.60. The SMILES string of the molecule is CC(=O)N[C@@H](Cc1cccc(CN)c1)CC(C)NCCN(C=O)Cc1ccccc1. The molecule has 0 aliphatic carbocycles. The molecule has 2 atom stereocenters. The highest BCUT2D eigenvalue weighted by Gasteiger charge is 2.15. The first kappa shape index (κ1) is 23.6. The molecule has 30 heavy (non-hydrogen) atoms. The van der Waals surface area contributed by atoms with Crippen molar-refractivity contribution in [2.24, 2.45) is 5.73 Å². The molecule has 1 unspecified atom stereocenters. The molecule has 2 aromatic carbocycles. The lowest BCUT2D eigenvalue weighted by atomic mass is 9.98. The summed E-state index contributed by atoms with van der Waals surface area (Å²) in [6.45, 7) is 6.09.